The number of benzene rings is 2. The largest absolute Gasteiger partial charge is 0.479 e. The maximum Gasteiger partial charge on any atom is 0.282 e. The molecular formula is C18H13BrN4O2. The molecule has 6 nitrogen and oxygen atoms in total. The summed E-state index contributed by atoms with van der Waals surface area (Å²) in [4.78, 5) is 17.0. The van der Waals surface area contributed by atoms with Crippen molar-refractivity contribution in [1.29, 1.82) is 5.26 Å². The highest BCUT2D eigenvalue weighted by Gasteiger charge is 2.07. The predicted molar refractivity (Wildman–Crippen MR) is 99.0 cm³/mol. The first-order valence-corrected chi connectivity index (χ1v) is 8.21. The minimum Gasteiger partial charge on any atom is -0.479 e. The maximum atomic E-state index is 12.6. The third kappa shape index (κ3) is 3.75. The lowest BCUT2D eigenvalue weighted by Gasteiger charge is -2.06. The van der Waals surface area contributed by atoms with Crippen molar-refractivity contribution in [3.63, 3.8) is 0 Å². The molecule has 0 aliphatic rings. The number of ether oxygens (including phenoxy) is 1. The molecule has 7 heteroatoms. The van der Waals surface area contributed by atoms with Crippen LogP contribution in [0.3, 0.4) is 0 Å². The second-order valence-corrected chi connectivity index (χ2v) is 6.11. The summed E-state index contributed by atoms with van der Waals surface area (Å²) in [5.41, 5.74) is 1.20. The second kappa shape index (κ2) is 7.28. The van der Waals surface area contributed by atoms with Gasteiger partial charge in [-0.05, 0) is 55.0 Å². The Bertz CT molecular complexity index is 1050. The van der Waals surface area contributed by atoms with Crippen molar-refractivity contribution < 1.29 is 4.74 Å². The zero-order valence-corrected chi connectivity index (χ0v) is 14.9. The topological polar surface area (TPSA) is 80.3 Å². The van der Waals surface area contributed by atoms with Crippen molar-refractivity contribution in [1.82, 2.24) is 9.66 Å². The van der Waals surface area contributed by atoms with Crippen LogP contribution in [0.2, 0.25) is 0 Å². The quantitative estimate of drug-likeness (QED) is 0.633. The minimum absolute atomic E-state index is 0.000340. The predicted octanol–water partition coefficient (Wildman–Crippen LogP) is 3.25. The fourth-order valence-electron chi connectivity index (χ4n) is 2.29. The van der Waals surface area contributed by atoms with Crippen molar-refractivity contribution in [2.45, 2.75) is 6.92 Å². The number of rotatable bonds is 4. The molecule has 0 bridgehead atoms. The molecule has 0 N–H and O–H groups in total. The van der Waals surface area contributed by atoms with Crippen LogP contribution in [0.1, 0.15) is 11.4 Å². The van der Waals surface area contributed by atoms with Crippen LogP contribution in [0.25, 0.3) is 10.9 Å². The molecule has 1 heterocycles. The Balaban J connectivity index is 1.93. The van der Waals surface area contributed by atoms with Crippen LogP contribution in [0.5, 0.6) is 5.75 Å². The highest BCUT2D eigenvalue weighted by molar-refractivity contribution is 9.10. The van der Waals surface area contributed by atoms with Gasteiger partial charge in [0.05, 0.1) is 17.1 Å². The van der Waals surface area contributed by atoms with E-state index in [2.05, 4.69) is 26.0 Å². The van der Waals surface area contributed by atoms with Crippen LogP contribution in [0, 0.1) is 18.3 Å². The molecule has 3 aromatic rings. The fraction of sp³-hybridized carbons (Fsp3) is 0.111. The molecule has 0 radical (unpaired) electrons. The van der Waals surface area contributed by atoms with E-state index in [0.29, 0.717) is 22.5 Å². The van der Waals surface area contributed by atoms with Crippen LogP contribution in [0.4, 0.5) is 0 Å². The summed E-state index contributed by atoms with van der Waals surface area (Å²) in [5.74, 6) is 1.11. The van der Waals surface area contributed by atoms with E-state index in [0.717, 1.165) is 10.0 Å². The Kier molecular flexibility index (Phi) is 4.91. The molecule has 3 rings (SSSR count). The first-order valence-electron chi connectivity index (χ1n) is 7.41. The zero-order valence-electron chi connectivity index (χ0n) is 13.3. The van der Waals surface area contributed by atoms with Gasteiger partial charge in [-0.2, -0.15) is 15.0 Å². The first-order chi connectivity index (χ1) is 12.1. The summed E-state index contributed by atoms with van der Waals surface area (Å²) < 4.78 is 7.28. The van der Waals surface area contributed by atoms with Crippen LogP contribution < -0.4 is 10.3 Å². The molecule has 0 saturated carbocycles. The molecule has 0 unspecified atom stereocenters. The van der Waals surface area contributed by atoms with Gasteiger partial charge in [-0.15, -0.1) is 0 Å². The summed E-state index contributed by atoms with van der Waals surface area (Å²) >= 11 is 3.36. The average Bonchev–Trinajstić information content (AvgIpc) is 2.61. The van der Waals surface area contributed by atoms with E-state index < -0.39 is 0 Å². The number of aromatic nitrogens is 2. The number of nitriles is 1. The number of aryl methyl sites for hydroxylation is 1. The van der Waals surface area contributed by atoms with Crippen molar-refractivity contribution in [2.75, 3.05) is 6.61 Å². The van der Waals surface area contributed by atoms with E-state index in [-0.39, 0.29) is 12.2 Å². The maximum absolute atomic E-state index is 12.6. The van der Waals surface area contributed by atoms with Crippen LogP contribution in [0.15, 0.2) is 56.8 Å². The van der Waals surface area contributed by atoms with E-state index in [1.54, 1.807) is 49.5 Å². The third-order valence-electron chi connectivity index (χ3n) is 3.48. The van der Waals surface area contributed by atoms with Crippen molar-refractivity contribution in [3.8, 4) is 11.8 Å². The van der Waals surface area contributed by atoms with Gasteiger partial charge in [-0.1, -0.05) is 15.9 Å². The molecule has 1 aromatic heterocycles. The number of hydrogen-bond acceptors (Lipinski definition) is 5. The normalized spacial score (nSPS) is 10.9. The molecule has 124 valence electrons. The highest BCUT2D eigenvalue weighted by Crippen LogP contribution is 2.16. The average molecular weight is 397 g/mol. The van der Waals surface area contributed by atoms with Crippen LogP contribution in [-0.4, -0.2) is 22.5 Å². The summed E-state index contributed by atoms with van der Waals surface area (Å²) in [6, 6.07) is 14.4. The molecule has 0 fully saturated rings. The molecule has 25 heavy (non-hydrogen) atoms. The molecular weight excluding hydrogens is 384 g/mol. The molecule has 0 amide bonds. The summed E-state index contributed by atoms with van der Waals surface area (Å²) in [6.07, 6.45) is 1.58. The highest BCUT2D eigenvalue weighted by atomic mass is 79.9. The fourth-order valence-corrected chi connectivity index (χ4v) is 2.65. The van der Waals surface area contributed by atoms with Gasteiger partial charge < -0.3 is 4.74 Å². The standard InChI is InChI=1S/C18H13BrN4O2/c1-12-22-17-7-4-14(19)10-16(17)18(24)23(12)21-11-13-2-5-15(6-3-13)25-9-8-20/h2-7,10-11H,9H2,1H3. The number of halogens is 1. The molecule has 0 aliphatic heterocycles. The summed E-state index contributed by atoms with van der Waals surface area (Å²) in [6.45, 7) is 1.74. The Morgan fingerprint density at radius 3 is 2.80 bits per heavy atom. The molecule has 0 atom stereocenters. The van der Waals surface area contributed by atoms with Crippen molar-refractivity contribution in [3.05, 3.63) is 68.7 Å². The molecule has 0 saturated heterocycles. The van der Waals surface area contributed by atoms with Crippen molar-refractivity contribution >= 4 is 33.0 Å². The van der Waals surface area contributed by atoms with E-state index in [1.165, 1.54) is 4.68 Å². The Labute approximate surface area is 152 Å². The van der Waals surface area contributed by atoms with Gasteiger partial charge in [-0.3, -0.25) is 4.79 Å². The lowest BCUT2D eigenvalue weighted by molar-refractivity contribution is 0.368. The second-order valence-electron chi connectivity index (χ2n) is 5.20. The number of fused-ring (bicyclic) bond motifs is 1. The van der Waals surface area contributed by atoms with E-state index in [1.807, 2.05) is 12.1 Å². The Hall–Kier alpha value is -2.98. The smallest absolute Gasteiger partial charge is 0.282 e. The van der Waals surface area contributed by atoms with Crippen LogP contribution >= 0.6 is 15.9 Å². The van der Waals surface area contributed by atoms with Gasteiger partial charge in [0, 0.05) is 4.47 Å². The summed E-state index contributed by atoms with van der Waals surface area (Å²) in [5, 5.41) is 13.3. The van der Waals surface area contributed by atoms with Crippen molar-refractivity contribution in [2.24, 2.45) is 5.10 Å². The van der Waals surface area contributed by atoms with E-state index in [9.17, 15) is 4.79 Å². The number of nitrogens with zero attached hydrogens (tertiary/aromatic N) is 4. The van der Waals surface area contributed by atoms with E-state index >= 15 is 0 Å². The first kappa shape index (κ1) is 16.9. The zero-order chi connectivity index (χ0) is 17.8. The Morgan fingerprint density at radius 2 is 2.08 bits per heavy atom. The molecule has 2 aromatic carbocycles. The lowest BCUT2D eigenvalue weighted by atomic mass is 10.2. The van der Waals surface area contributed by atoms with Crippen LogP contribution in [-0.2, 0) is 0 Å². The Morgan fingerprint density at radius 1 is 1.32 bits per heavy atom. The SMILES string of the molecule is Cc1nc2ccc(Br)cc2c(=O)n1N=Cc1ccc(OCC#N)cc1. The summed E-state index contributed by atoms with van der Waals surface area (Å²) in [7, 11) is 0. The molecule has 0 aliphatic carbocycles. The van der Waals surface area contributed by atoms with Gasteiger partial charge in [0.25, 0.3) is 5.56 Å². The minimum atomic E-state index is -0.228. The van der Waals surface area contributed by atoms with Gasteiger partial charge in [0.1, 0.15) is 17.6 Å². The third-order valence-corrected chi connectivity index (χ3v) is 3.97. The van der Waals surface area contributed by atoms with Gasteiger partial charge in [-0.25, -0.2) is 4.98 Å². The monoisotopic (exact) mass is 396 g/mol. The van der Waals surface area contributed by atoms with E-state index in [4.69, 9.17) is 10.00 Å². The van der Waals surface area contributed by atoms with Gasteiger partial charge in [0.2, 0.25) is 0 Å². The lowest BCUT2D eigenvalue weighted by Crippen LogP contribution is -2.20. The molecule has 0 spiro atoms. The van der Waals surface area contributed by atoms with Gasteiger partial charge >= 0.3 is 0 Å². The van der Waals surface area contributed by atoms with Gasteiger partial charge in [0.15, 0.2) is 6.61 Å². The number of hydrogen-bond donors (Lipinski definition) is 0.